The fourth-order valence-electron chi connectivity index (χ4n) is 2.00. The number of para-hydroxylation sites is 1. The van der Waals surface area contributed by atoms with E-state index in [1.54, 1.807) is 18.2 Å². The third-order valence-corrected chi connectivity index (χ3v) is 2.75. The molecule has 0 saturated carbocycles. The van der Waals surface area contributed by atoms with Crippen molar-refractivity contribution in [2.24, 2.45) is 5.73 Å². The van der Waals surface area contributed by atoms with Crippen molar-refractivity contribution in [1.29, 1.82) is 0 Å². The van der Waals surface area contributed by atoms with Gasteiger partial charge in [0.15, 0.2) is 0 Å². The Morgan fingerprint density at radius 3 is 2.76 bits per heavy atom. The van der Waals surface area contributed by atoms with E-state index >= 15 is 0 Å². The summed E-state index contributed by atoms with van der Waals surface area (Å²) in [5.41, 5.74) is 5.09. The van der Waals surface area contributed by atoms with E-state index in [4.69, 9.17) is 5.73 Å². The number of amides is 1. The van der Waals surface area contributed by atoms with Crippen LogP contribution in [0.25, 0.3) is 16.4 Å². The molecule has 0 saturated heterocycles. The molecular weight excluding hydrogens is 222 g/mol. The highest BCUT2D eigenvalue weighted by molar-refractivity contribution is 6.00. The number of carbonyl (C=O) groups excluding carboxylic acids is 1. The second-order valence-corrected chi connectivity index (χ2v) is 3.74. The number of primary amides is 1. The molecular formula is C11H7N3O3. The summed E-state index contributed by atoms with van der Waals surface area (Å²) >= 11 is 0. The number of hydrogen-bond acceptors (Lipinski definition) is 3. The molecule has 0 fully saturated rings. The highest BCUT2D eigenvalue weighted by Gasteiger charge is 2.15. The number of nitrogens with two attached hydrogens (primary N) is 1. The number of imidazole rings is 1. The van der Waals surface area contributed by atoms with Crippen LogP contribution in [0.1, 0.15) is 10.4 Å². The first-order valence-electron chi connectivity index (χ1n) is 4.89. The molecule has 0 spiro atoms. The lowest BCUT2D eigenvalue weighted by Gasteiger charge is -2.00. The molecule has 2 heterocycles. The number of benzene rings is 1. The zero-order chi connectivity index (χ0) is 12.2. The Morgan fingerprint density at radius 1 is 1.29 bits per heavy atom. The summed E-state index contributed by atoms with van der Waals surface area (Å²) in [7, 11) is 0. The van der Waals surface area contributed by atoms with Crippen LogP contribution < -0.4 is 16.9 Å². The Balaban J connectivity index is 2.72. The summed E-state index contributed by atoms with van der Waals surface area (Å²) in [6, 6.07) is 4.89. The van der Waals surface area contributed by atoms with Gasteiger partial charge in [-0.15, -0.1) is 0 Å². The van der Waals surface area contributed by atoms with Crippen LogP contribution in [0.15, 0.2) is 34.0 Å². The monoisotopic (exact) mass is 229 g/mol. The number of carbonyl (C=O) groups is 1. The molecule has 0 aliphatic carbocycles. The number of rotatable bonds is 1. The highest BCUT2D eigenvalue weighted by Crippen LogP contribution is 2.15. The van der Waals surface area contributed by atoms with E-state index < -0.39 is 17.0 Å². The maximum Gasteiger partial charge on any atom is 0.330 e. The third kappa shape index (κ3) is 1.12. The molecule has 0 atom stereocenters. The van der Waals surface area contributed by atoms with E-state index in [2.05, 4.69) is 4.98 Å². The van der Waals surface area contributed by atoms with Gasteiger partial charge in [-0.3, -0.25) is 14.0 Å². The van der Waals surface area contributed by atoms with Crippen LogP contribution in [0.3, 0.4) is 0 Å². The Hall–Kier alpha value is -2.63. The lowest BCUT2D eigenvalue weighted by atomic mass is 10.1. The minimum absolute atomic E-state index is 0.188. The molecule has 1 amide bonds. The molecule has 3 N–H and O–H groups in total. The van der Waals surface area contributed by atoms with E-state index in [1.807, 2.05) is 0 Å². The molecule has 1 aromatic carbocycles. The summed E-state index contributed by atoms with van der Waals surface area (Å²) in [6.07, 6.45) is 1.18. The predicted molar refractivity (Wildman–Crippen MR) is 61.5 cm³/mol. The lowest BCUT2D eigenvalue weighted by Crippen LogP contribution is -2.24. The SMILES string of the molecule is NC(=O)c1cn2c(=O)[nH]c3cccc(c1=O)c32. The summed E-state index contributed by atoms with van der Waals surface area (Å²) < 4.78 is 1.23. The molecule has 0 aliphatic rings. The zero-order valence-corrected chi connectivity index (χ0v) is 8.56. The normalized spacial score (nSPS) is 11.3. The van der Waals surface area contributed by atoms with Gasteiger partial charge < -0.3 is 10.7 Å². The number of aromatic nitrogens is 2. The summed E-state index contributed by atoms with van der Waals surface area (Å²) in [6.45, 7) is 0. The van der Waals surface area contributed by atoms with Gasteiger partial charge in [-0.25, -0.2) is 4.79 Å². The molecule has 3 aromatic rings. The highest BCUT2D eigenvalue weighted by atomic mass is 16.2. The van der Waals surface area contributed by atoms with Crippen molar-refractivity contribution in [3.63, 3.8) is 0 Å². The van der Waals surface area contributed by atoms with Crippen molar-refractivity contribution in [2.75, 3.05) is 0 Å². The number of H-pyrrole nitrogens is 1. The van der Waals surface area contributed by atoms with Crippen molar-refractivity contribution < 1.29 is 4.79 Å². The zero-order valence-electron chi connectivity index (χ0n) is 8.56. The smallest absolute Gasteiger partial charge is 0.330 e. The topological polar surface area (TPSA) is 97.4 Å². The first-order valence-corrected chi connectivity index (χ1v) is 4.89. The van der Waals surface area contributed by atoms with Crippen molar-refractivity contribution >= 4 is 22.3 Å². The Bertz CT molecular complexity index is 859. The van der Waals surface area contributed by atoms with Gasteiger partial charge in [0.25, 0.3) is 5.91 Å². The van der Waals surface area contributed by atoms with Gasteiger partial charge in [0.05, 0.1) is 11.0 Å². The minimum atomic E-state index is -0.842. The van der Waals surface area contributed by atoms with Crippen molar-refractivity contribution in [2.45, 2.75) is 0 Å². The summed E-state index contributed by atoms with van der Waals surface area (Å²) in [5, 5.41) is 0.303. The molecule has 3 rings (SSSR count). The standard InChI is InChI=1S/C11H7N3O3/c12-10(16)6-4-14-8-5(9(6)15)2-1-3-7(8)13-11(14)17/h1-4H,(H2,12,16)(H,13,17). The van der Waals surface area contributed by atoms with Gasteiger partial charge >= 0.3 is 5.69 Å². The van der Waals surface area contributed by atoms with E-state index in [0.29, 0.717) is 16.4 Å². The van der Waals surface area contributed by atoms with Gasteiger partial charge in [0.2, 0.25) is 5.43 Å². The van der Waals surface area contributed by atoms with Gasteiger partial charge in [-0.05, 0) is 12.1 Å². The number of aromatic amines is 1. The average molecular weight is 229 g/mol. The molecule has 0 aliphatic heterocycles. The van der Waals surface area contributed by atoms with Crippen LogP contribution in [0.2, 0.25) is 0 Å². The van der Waals surface area contributed by atoms with Crippen LogP contribution >= 0.6 is 0 Å². The lowest BCUT2D eigenvalue weighted by molar-refractivity contribution is 0.0999. The maximum atomic E-state index is 12.0. The average Bonchev–Trinajstić information content (AvgIpc) is 2.60. The second-order valence-electron chi connectivity index (χ2n) is 3.74. The molecule has 0 bridgehead atoms. The van der Waals surface area contributed by atoms with Crippen LogP contribution in [-0.4, -0.2) is 15.3 Å². The molecule has 2 aromatic heterocycles. The number of nitrogens with zero attached hydrogens (tertiary/aromatic N) is 1. The Morgan fingerprint density at radius 2 is 2.06 bits per heavy atom. The van der Waals surface area contributed by atoms with Gasteiger partial charge in [0, 0.05) is 11.6 Å². The molecule has 0 radical (unpaired) electrons. The molecule has 6 nitrogen and oxygen atoms in total. The van der Waals surface area contributed by atoms with Gasteiger partial charge in [0.1, 0.15) is 5.56 Å². The number of pyridine rings is 1. The fourth-order valence-corrected chi connectivity index (χ4v) is 2.00. The Labute approximate surface area is 93.6 Å². The van der Waals surface area contributed by atoms with E-state index in [0.717, 1.165) is 0 Å². The van der Waals surface area contributed by atoms with Crippen molar-refractivity contribution in [3.05, 3.63) is 50.7 Å². The second kappa shape index (κ2) is 2.94. The molecule has 6 heteroatoms. The van der Waals surface area contributed by atoms with Crippen molar-refractivity contribution in [1.82, 2.24) is 9.38 Å². The quantitative estimate of drug-likeness (QED) is 0.598. The van der Waals surface area contributed by atoms with Crippen LogP contribution in [0, 0.1) is 0 Å². The molecule has 0 unspecified atom stereocenters. The van der Waals surface area contributed by atoms with Crippen LogP contribution in [-0.2, 0) is 0 Å². The van der Waals surface area contributed by atoms with E-state index in [9.17, 15) is 14.4 Å². The summed E-state index contributed by atoms with van der Waals surface area (Å²) in [4.78, 5) is 37.3. The van der Waals surface area contributed by atoms with Crippen molar-refractivity contribution in [3.8, 4) is 0 Å². The summed E-state index contributed by atoms with van der Waals surface area (Å²) in [5.74, 6) is -0.842. The van der Waals surface area contributed by atoms with Gasteiger partial charge in [-0.1, -0.05) is 6.07 Å². The number of hydrogen-bond donors (Lipinski definition) is 2. The van der Waals surface area contributed by atoms with Gasteiger partial charge in [-0.2, -0.15) is 0 Å². The number of nitrogens with one attached hydrogen (secondary N) is 1. The fraction of sp³-hybridized carbons (Fsp3) is 0. The third-order valence-electron chi connectivity index (χ3n) is 2.75. The largest absolute Gasteiger partial charge is 0.365 e. The Kier molecular flexibility index (Phi) is 1.66. The molecule has 84 valence electrons. The van der Waals surface area contributed by atoms with E-state index in [-0.39, 0.29) is 5.56 Å². The van der Waals surface area contributed by atoms with Crippen LogP contribution in [0.4, 0.5) is 0 Å². The van der Waals surface area contributed by atoms with E-state index in [1.165, 1.54) is 10.6 Å². The first kappa shape index (κ1) is 9.59. The molecule has 17 heavy (non-hydrogen) atoms. The predicted octanol–water partition coefficient (Wildman–Crippen LogP) is -0.322. The van der Waals surface area contributed by atoms with Crippen LogP contribution in [0.5, 0.6) is 0 Å². The minimum Gasteiger partial charge on any atom is -0.365 e. The first-order chi connectivity index (χ1) is 8.09. The maximum absolute atomic E-state index is 12.0.